The Balaban J connectivity index is 3.23. The molecule has 1 aromatic rings. The minimum Gasteiger partial charge on any atom is -0.480 e. The molecule has 0 radical (unpaired) electrons. The molecule has 1 aromatic carbocycles. The Kier molecular flexibility index (Phi) is 5.02. The number of hydrogen-bond donors (Lipinski definition) is 3. The summed E-state index contributed by atoms with van der Waals surface area (Å²) in [5.41, 5.74) is 5.14. The van der Waals surface area contributed by atoms with Gasteiger partial charge in [-0.1, -0.05) is 0 Å². The lowest BCUT2D eigenvalue weighted by atomic mass is 10.1. The van der Waals surface area contributed by atoms with Crippen molar-refractivity contribution in [2.75, 3.05) is 0 Å². The van der Waals surface area contributed by atoms with E-state index < -0.39 is 40.2 Å². The number of benzene rings is 1. The van der Waals surface area contributed by atoms with Crippen molar-refractivity contribution >= 4 is 21.9 Å². The Morgan fingerprint density at radius 1 is 1.33 bits per heavy atom. The molecular formula is C12H15FN2O5S. The number of carboxylic acid groups (broad SMARTS) is 1. The summed E-state index contributed by atoms with van der Waals surface area (Å²) < 4.78 is 39.5. The van der Waals surface area contributed by atoms with E-state index in [9.17, 15) is 22.4 Å². The number of primary amides is 1. The van der Waals surface area contributed by atoms with E-state index in [4.69, 9.17) is 10.8 Å². The molecule has 7 nitrogen and oxygen atoms in total. The van der Waals surface area contributed by atoms with E-state index in [2.05, 4.69) is 0 Å². The lowest BCUT2D eigenvalue weighted by Crippen LogP contribution is -2.43. The van der Waals surface area contributed by atoms with Crippen molar-refractivity contribution in [1.82, 2.24) is 4.72 Å². The zero-order chi connectivity index (χ0) is 16.4. The molecule has 0 unspecified atom stereocenters. The van der Waals surface area contributed by atoms with Crippen molar-refractivity contribution in [3.05, 3.63) is 29.1 Å². The van der Waals surface area contributed by atoms with Gasteiger partial charge in [-0.3, -0.25) is 9.59 Å². The van der Waals surface area contributed by atoms with Crippen molar-refractivity contribution in [1.29, 1.82) is 0 Å². The standard InChI is InChI=1S/C12H15FN2O5S/c1-6-3-8(13)4-7(2)11(6)21(19,20)15-9(12(17)18)5-10(14)16/h3-4,9,15H,5H2,1-2H3,(H2,14,16)(H,17,18)/t9-/m0/s1. The molecule has 0 aliphatic carbocycles. The van der Waals surface area contributed by atoms with Crippen LogP contribution in [0.2, 0.25) is 0 Å². The largest absolute Gasteiger partial charge is 0.480 e. The SMILES string of the molecule is Cc1cc(F)cc(C)c1S(=O)(=O)N[C@@H](CC(N)=O)C(=O)O. The Hall–Kier alpha value is -2.00. The molecule has 4 N–H and O–H groups in total. The quantitative estimate of drug-likeness (QED) is 0.683. The van der Waals surface area contributed by atoms with Gasteiger partial charge in [-0.15, -0.1) is 0 Å². The van der Waals surface area contributed by atoms with Crippen LogP contribution in [0.4, 0.5) is 4.39 Å². The molecule has 0 fully saturated rings. The van der Waals surface area contributed by atoms with Gasteiger partial charge in [0.2, 0.25) is 15.9 Å². The lowest BCUT2D eigenvalue weighted by Gasteiger charge is -2.16. The first-order valence-electron chi connectivity index (χ1n) is 5.84. The number of nitrogens with one attached hydrogen (secondary N) is 1. The molecule has 0 aliphatic heterocycles. The number of carbonyl (C=O) groups excluding carboxylic acids is 1. The highest BCUT2D eigenvalue weighted by molar-refractivity contribution is 7.89. The third-order valence-electron chi connectivity index (χ3n) is 2.69. The van der Waals surface area contributed by atoms with Gasteiger partial charge in [0.25, 0.3) is 0 Å². The molecule has 0 spiro atoms. The Morgan fingerprint density at radius 2 is 1.81 bits per heavy atom. The second-order valence-corrected chi connectivity index (χ2v) is 6.20. The molecule has 0 saturated heterocycles. The van der Waals surface area contributed by atoms with Gasteiger partial charge in [-0.25, -0.2) is 12.8 Å². The molecule has 1 rings (SSSR count). The molecule has 0 aliphatic rings. The van der Waals surface area contributed by atoms with Crippen molar-refractivity contribution < 1.29 is 27.5 Å². The van der Waals surface area contributed by atoms with Gasteiger partial charge in [-0.05, 0) is 37.1 Å². The van der Waals surface area contributed by atoms with Crippen LogP contribution in [0.5, 0.6) is 0 Å². The van der Waals surface area contributed by atoms with Crippen molar-refractivity contribution in [2.24, 2.45) is 5.73 Å². The summed E-state index contributed by atoms with van der Waals surface area (Å²) in [6, 6.07) is 0.355. The molecule has 1 atom stereocenters. The normalized spacial score (nSPS) is 12.9. The first-order valence-corrected chi connectivity index (χ1v) is 7.33. The van der Waals surface area contributed by atoms with Crippen molar-refractivity contribution in [3.63, 3.8) is 0 Å². The number of hydrogen-bond acceptors (Lipinski definition) is 4. The van der Waals surface area contributed by atoms with E-state index in [0.717, 1.165) is 12.1 Å². The van der Waals surface area contributed by atoms with Crippen LogP contribution in [-0.4, -0.2) is 31.4 Å². The highest BCUT2D eigenvalue weighted by Gasteiger charge is 2.29. The maximum atomic E-state index is 13.2. The average Bonchev–Trinajstić information content (AvgIpc) is 2.24. The van der Waals surface area contributed by atoms with Crippen LogP contribution in [0.15, 0.2) is 17.0 Å². The fraction of sp³-hybridized carbons (Fsp3) is 0.333. The van der Waals surface area contributed by atoms with E-state index in [1.165, 1.54) is 13.8 Å². The van der Waals surface area contributed by atoms with E-state index >= 15 is 0 Å². The fourth-order valence-corrected chi connectivity index (χ4v) is 3.59. The maximum Gasteiger partial charge on any atom is 0.322 e. The smallest absolute Gasteiger partial charge is 0.322 e. The average molecular weight is 318 g/mol. The highest BCUT2D eigenvalue weighted by atomic mass is 32.2. The van der Waals surface area contributed by atoms with E-state index in [1.807, 2.05) is 4.72 Å². The predicted molar refractivity (Wildman–Crippen MR) is 71.4 cm³/mol. The minimum atomic E-state index is -4.23. The number of rotatable bonds is 6. The Bertz CT molecular complexity index is 664. The number of aliphatic carboxylic acids is 1. The molecule has 0 heterocycles. The van der Waals surface area contributed by atoms with Crippen molar-refractivity contribution in [3.8, 4) is 0 Å². The van der Waals surface area contributed by atoms with Gasteiger partial charge in [0, 0.05) is 0 Å². The molecule has 9 heteroatoms. The summed E-state index contributed by atoms with van der Waals surface area (Å²) >= 11 is 0. The fourth-order valence-electron chi connectivity index (χ4n) is 1.95. The number of halogens is 1. The van der Waals surface area contributed by atoms with Crippen LogP contribution in [0.1, 0.15) is 17.5 Å². The number of aryl methyl sites for hydroxylation is 2. The molecular weight excluding hydrogens is 303 g/mol. The zero-order valence-corrected chi connectivity index (χ0v) is 12.2. The van der Waals surface area contributed by atoms with Gasteiger partial charge in [0.05, 0.1) is 11.3 Å². The molecule has 0 saturated carbocycles. The summed E-state index contributed by atoms with van der Waals surface area (Å²) in [5, 5.41) is 8.92. The lowest BCUT2D eigenvalue weighted by molar-refractivity contribution is -0.140. The Morgan fingerprint density at radius 3 is 2.19 bits per heavy atom. The molecule has 0 bridgehead atoms. The van der Waals surface area contributed by atoms with Crippen LogP contribution in [0.25, 0.3) is 0 Å². The first-order chi connectivity index (χ1) is 9.54. The summed E-state index contributed by atoms with van der Waals surface area (Å²) in [7, 11) is -4.23. The third kappa shape index (κ3) is 4.23. The molecule has 116 valence electrons. The highest BCUT2D eigenvalue weighted by Crippen LogP contribution is 2.21. The number of amides is 1. The van der Waals surface area contributed by atoms with Gasteiger partial charge in [-0.2, -0.15) is 4.72 Å². The zero-order valence-electron chi connectivity index (χ0n) is 11.4. The molecule has 0 aromatic heterocycles. The number of carboxylic acids is 1. The summed E-state index contributed by atoms with van der Waals surface area (Å²) in [5.74, 6) is -3.09. The van der Waals surface area contributed by atoms with Gasteiger partial charge in [0.15, 0.2) is 0 Å². The van der Waals surface area contributed by atoms with Crippen molar-refractivity contribution in [2.45, 2.75) is 31.2 Å². The van der Waals surface area contributed by atoms with Gasteiger partial charge < -0.3 is 10.8 Å². The summed E-state index contributed by atoms with van der Waals surface area (Å²) in [6.45, 7) is 2.77. The van der Waals surface area contributed by atoms with E-state index in [0.29, 0.717) is 0 Å². The summed E-state index contributed by atoms with van der Waals surface area (Å²) in [4.78, 5) is 21.5. The second kappa shape index (κ2) is 6.19. The number of nitrogens with two attached hydrogens (primary N) is 1. The van der Waals surface area contributed by atoms with E-state index in [-0.39, 0.29) is 16.0 Å². The maximum absolute atomic E-state index is 13.2. The van der Waals surface area contributed by atoms with Crippen LogP contribution in [-0.2, 0) is 19.6 Å². The number of carbonyl (C=O) groups is 2. The number of sulfonamides is 1. The first kappa shape index (κ1) is 17.1. The molecule has 1 amide bonds. The predicted octanol–water partition coefficient (Wildman–Crippen LogP) is 0.0494. The van der Waals surface area contributed by atoms with Gasteiger partial charge in [0.1, 0.15) is 11.9 Å². The molecule has 21 heavy (non-hydrogen) atoms. The van der Waals surface area contributed by atoms with Crippen LogP contribution in [0, 0.1) is 19.7 Å². The monoisotopic (exact) mass is 318 g/mol. The van der Waals surface area contributed by atoms with Crippen LogP contribution in [0.3, 0.4) is 0 Å². The third-order valence-corrected chi connectivity index (χ3v) is 4.47. The minimum absolute atomic E-state index is 0.128. The second-order valence-electron chi connectivity index (χ2n) is 4.55. The Labute approximate surface area is 121 Å². The van der Waals surface area contributed by atoms with E-state index in [1.54, 1.807) is 0 Å². The van der Waals surface area contributed by atoms with Gasteiger partial charge >= 0.3 is 5.97 Å². The van der Waals surface area contributed by atoms with Crippen LogP contribution < -0.4 is 10.5 Å². The summed E-state index contributed by atoms with van der Waals surface area (Å²) in [6.07, 6.45) is -0.687. The van der Waals surface area contributed by atoms with Crippen LogP contribution >= 0.6 is 0 Å². The topological polar surface area (TPSA) is 127 Å².